The second-order valence-corrected chi connectivity index (χ2v) is 5.44. The third kappa shape index (κ3) is 5.49. The molecule has 1 heterocycles. The third-order valence-corrected chi connectivity index (χ3v) is 3.26. The van der Waals surface area contributed by atoms with Crippen molar-refractivity contribution in [3.8, 4) is 0 Å². The predicted molar refractivity (Wildman–Crippen MR) is 83.3 cm³/mol. The first-order chi connectivity index (χ1) is 11.4. The summed E-state index contributed by atoms with van der Waals surface area (Å²) in [6, 6.07) is 10.8. The fourth-order valence-electron chi connectivity index (χ4n) is 1.93. The number of aromatic nitrogens is 1. The molecule has 3 nitrogen and oxygen atoms in total. The molecule has 1 aromatic carbocycles. The zero-order valence-electron chi connectivity index (χ0n) is 13.1. The van der Waals surface area contributed by atoms with E-state index in [9.17, 15) is 17.6 Å². The number of hydrogen-bond donors (Lipinski definition) is 1. The Balaban J connectivity index is 1.86. The van der Waals surface area contributed by atoms with Crippen LogP contribution in [-0.2, 0) is 17.9 Å². The van der Waals surface area contributed by atoms with Crippen LogP contribution in [-0.4, -0.2) is 23.9 Å². The highest BCUT2D eigenvalue weighted by Gasteiger charge is 2.40. The van der Waals surface area contributed by atoms with Crippen molar-refractivity contribution in [3.63, 3.8) is 0 Å². The van der Waals surface area contributed by atoms with E-state index in [1.165, 1.54) is 0 Å². The van der Waals surface area contributed by atoms with Crippen LogP contribution in [0.5, 0.6) is 0 Å². The van der Waals surface area contributed by atoms with Gasteiger partial charge in [0.2, 0.25) is 0 Å². The lowest BCUT2D eigenvalue weighted by Gasteiger charge is -2.15. The van der Waals surface area contributed by atoms with Crippen molar-refractivity contribution in [2.75, 3.05) is 11.9 Å². The van der Waals surface area contributed by atoms with E-state index in [0.29, 0.717) is 12.1 Å². The molecule has 2 aromatic rings. The van der Waals surface area contributed by atoms with Crippen molar-refractivity contribution < 1.29 is 22.3 Å². The zero-order valence-corrected chi connectivity index (χ0v) is 13.1. The molecule has 0 unspecified atom stereocenters. The van der Waals surface area contributed by atoms with Gasteiger partial charge in [0.1, 0.15) is 6.61 Å². The van der Waals surface area contributed by atoms with Crippen LogP contribution in [0.1, 0.15) is 16.8 Å². The van der Waals surface area contributed by atoms with E-state index < -0.39 is 19.0 Å². The van der Waals surface area contributed by atoms with Gasteiger partial charge in [-0.3, -0.25) is 4.98 Å². The van der Waals surface area contributed by atoms with Crippen molar-refractivity contribution in [1.82, 2.24) is 4.98 Å². The fraction of sp³-hybridized carbons (Fsp3) is 0.353. The summed E-state index contributed by atoms with van der Waals surface area (Å²) in [6.07, 6.45) is -1.96. The van der Waals surface area contributed by atoms with E-state index >= 15 is 0 Å². The van der Waals surface area contributed by atoms with Gasteiger partial charge in [-0.25, -0.2) is 8.78 Å². The van der Waals surface area contributed by atoms with Crippen molar-refractivity contribution in [2.45, 2.75) is 32.4 Å². The number of ether oxygens (including phenoxy) is 1. The second kappa shape index (κ2) is 8.10. The average molecular weight is 342 g/mol. The monoisotopic (exact) mass is 342 g/mol. The normalized spacial score (nSPS) is 11.8. The standard InChI is InChI=1S/C17H18F4N2O/c1-12-5-6-15(22-8-12)9-23-14-4-2-3-13(7-14)10-24-11-17(20,21)16(18)19/h2-8,16,23H,9-11H2,1H3. The number of pyridine rings is 1. The van der Waals surface area contributed by atoms with Crippen LogP contribution >= 0.6 is 0 Å². The maximum absolute atomic E-state index is 12.8. The molecule has 0 spiro atoms. The van der Waals surface area contributed by atoms with E-state index in [1.807, 2.05) is 25.1 Å². The van der Waals surface area contributed by atoms with Crippen molar-refractivity contribution in [3.05, 3.63) is 59.4 Å². The minimum absolute atomic E-state index is 0.166. The highest BCUT2D eigenvalue weighted by atomic mass is 19.3. The van der Waals surface area contributed by atoms with E-state index in [1.54, 1.807) is 24.4 Å². The Labute approximate surface area is 137 Å². The van der Waals surface area contributed by atoms with Crippen molar-refractivity contribution in [2.24, 2.45) is 0 Å². The molecular weight excluding hydrogens is 324 g/mol. The molecule has 0 saturated heterocycles. The summed E-state index contributed by atoms with van der Waals surface area (Å²) in [7, 11) is 0. The first-order valence-corrected chi connectivity index (χ1v) is 7.35. The Morgan fingerprint density at radius 1 is 1.21 bits per heavy atom. The fourth-order valence-corrected chi connectivity index (χ4v) is 1.93. The van der Waals surface area contributed by atoms with Crippen LogP contribution in [0, 0.1) is 6.92 Å². The lowest BCUT2D eigenvalue weighted by Crippen LogP contribution is -2.32. The molecule has 0 aliphatic rings. The van der Waals surface area contributed by atoms with E-state index in [-0.39, 0.29) is 6.61 Å². The lowest BCUT2D eigenvalue weighted by atomic mass is 10.2. The van der Waals surface area contributed by atoms with Crippen LogP contribution in [0.25, 0.3) is 0 Å². The number of benzene rings is 1. The Bertz CT molecular complexity index is 647. The number of anilines is 1. The quantitative estimate of drug-likeness (QED) is 0.721. The number of halogens is 4. The molecule has 130 valence electrons. The lowest BCUT2D eigenvalue weighted by molar-refractivity contribution is -0.168. The molecule has 1 N–H and O–H groups in total. The molecule has 2 rings (SSSR count). The largest absolute Gasteiger partial charge is 0.379 e. The summed E-state index contributed by atoms with van der Waals surface area (Å²) in [5.74, 6) is -4.13. The molecule has 0 saturated carbocycles. The van der Waals surface area contributed by atoms with Gasteiger partial charge in [0.25, 0.3) is 0 Å². The number of aryl methyl sites for hydroxylation is 1. The van der Waals surface area contributed by atoms with Gasteiger partial charge in [0.15, 0.2) is 0 Å². The van der Waals surface area contributed by atoms with Gasteiger partial charge in [-0.05, 0) is 36.2 Å². The molecule has 24 heavy (non-hydrogen) atoms. The van der Waals surface area contributed by atoms with Gasteiger partial charge in [-0.1, -0.05) is 18.2 Å². The van der Waals surface area contributed by atoms with Gasteiger partial charge < -0.3 is 10.1 Å². The Morgan fingerprint density at radius 3 is 2.67 bits per heavy atom. The van der Waals surface area contributed by atoms with Gasteiger partial charge in [0, 0.05) is 11.9 Å². The first-order valence-electron chi connectivity index (χ1n) is 7.35. The van der Waals surface area contributed by atoms with E-state index in [4.69, 9.17) is 4.74 Å². The highest BCUT2D eigenvalue weighted by molar-refractivity contribution is 5.45. The molecule has 0 aliphatic heterocycles. The van der Waals surface area contributed by atoms with Gasteiger partial charge in [-0.15, -0.1) is 0 Å². The van der Waals surface area contributed by atoms with Crippen molar-refractivity contribution in [1.29, 1.82) is 0 Å². The summed E-state index contributed by atoms with van der Waals surface area (Å²) < 4.78 is 54.3. The number of nitrogens with one attached hydrogen (secondary N) is 1. The van der Waals surface area contributed by atoms with Gasteiger partial charge >= 0.3 is 12.3 Å². The Hall–Kier alpha value is -2.15. The van der Waals surface area contributed by atoms with Crippen molar-refractivity contribution >= 4 is 5.69 Å². The SMILES string of the molecule is Cc1ccc(CNc2cccc(COCC(F)(F)C(F)F)c2)nc1. The Morgan fingerprint density at radius 2 is 2.00 bits per heavy atom. The first kappa shape index (κ1) is 18.2. The number of alkyl halides is 4. The zero-order chi connectivity index (χ0) is 17.6. The summed E-state index contributed by atoms with van der Waals surface area (Å²) in [5, 5.41) is 3.16. The van der Waals surface area contributed by atoms with Crippen LogP contribution in [0.15, 0.2) is 42.6 Å². The summed E-state index contributed by atoms with van der Waals surface area (Å²) >= 11 is 0. The predicted octanol–water partition coefficient (Wildman–Crippen LogP) is 4.42. The molecule has 0 amide bonds. The summed E-state index contributed by atoms with van der Waals surface area (Å²) in [6.45, 7) is 0.982. The number of nitrogens with zero attached hydrogens (tertiary/aromatic N) is 1. The average Bonchev–Trinajstić information content (AvgIpc) is 2.54. The molecule has 0 bridgehead atoms. The molecule has 7 heteroatoms. The van der Waals surface area contributed by atoms with Crippen LogP contribution in [0.2, 0.25) is 0 Å². The van der Waals surface area contributed by atoms with Gasteiger partial charge in [-0.2, -0.15) is 8.78 Å². The molecule has 0 atom stereocenters. The third-order valence-electron chi connectivity index (χ3n) is 3.26. The van der Waals surface area contributed by atoms with E-state index in [2.05, 4.69) is 10.3 Å². The van der Waals surface area contributed by atoms with Gasteiger partial charge in [0.05, 0.1) is 18.8 Å². The minimum Gasteiger partial charge on any atom is -0.379 e. The highest BCUT2D eigenvalue weighted by Crippen LogP contribution is 2.23. The number of hydrogen-bond acceptors (Lipinski definition) is 3. The maximum Gasteiger partial charge on any atom is 0.330 e. The van der Waals surface area contributed by atoms with Crippen LogP contribution in [0.3, 0.4) is 0 Å². The minimum atomic E-state index is -4.13. The smallest absolute Gasteiger partial charge is 0.330 e. The molecular formula is C17H18F4N2O. The molecule has 1 aromatic heterocycles. The number of rotatable bonds is 8. The Kier molecular flexibility index (Phi) is 6.14. The topological polar surface area (TPSA) is 34.1 Å². The molecule has 0 fully saturated rings. The molecule has 0 aliphatic carbocycles. The van der Waals surface area contributed by atoms with Crippen LogP contribution in [0.4, 0.5) is 23.2 Å². The summed E-state index contributed by atoms with van der Waals surface area (Å²) in [5.41, 5.74) is 3.30. The second-order valence-electron chi connectivity index (χ2n) is 5.44. The summed E-state index contributed by atoms with van der Waals surface area (Å²) in [4.78, 5) is 4.27. The van der Waals surface area contributed by atoms with E-state index in [0.717, 1.165) is 16.9 Å². The maximum atomic E-state index is 12.8. The molecule has 0 radical (unpaired) electrons. The van der Waals surface area contributed by atoms with Crippen LogP contribution < -0.4 is 5.32 Å².